The van der Waals surface area contributed by atoms with Crippen LogP contribution in [0.1, 0.15) is 33.4 Å². The lowest BCUT2D eigenvalue weighted by atomic mass is 9.86. The van der Waals surface area contributed by atoms with Crippen LogP contribution >= 0.6 is 0 Å². The topological polar surface area (TPSA) is 0 Å². The van der Waals surface area contributed by atoms with Crippen LogP contribution in [-0.2, 0) is 0 Å². The van der Waals surface area contributed by atoms with E-state index >= 15 is 0 Å². The molecule has 0 heterocycles. The molecule has 0 nitrogen and oxygen atoms in total. The predicted octanol–water partition coefficient (Wildman–Crippen LogP) is 6.67. The Bertz CT molecular complexity index is 893. The van der Waals surface area contributed by atoms with Crippen LogP contribution in [0.25, 0.3) is 22.3 Å². The smallest absolute Gasteiger partial charge is 0.00694 e. The fourth-order valence-electron chi connectivity index (χ4n) is 3.61. The minimum atomic E-state index is 1.19. The van der Waals surface area contributed by atoms with E-state index in [1.165, 1.54) is 55.6 Å². The van der Waals surface area contributed by atoms with Gasteiger partial charge in [0.15, 0.2) is 0 Å². The van der Waals surface area contributed by atoms with E-state index in [4.69, 9.17) is 0 Å². The summed E-state index contributed by atoms with van der Waals surface area (Å²) in [5, 5.41) is 0. The highest BCUT2D eigenvalue weighted by atomic mass is 14.2. The van der Waals surface area contributed by atoms with Crippen molar-refractivity contribution in [2.75, 3.05) is 0 Å². The van der Waals surface area contributed by atoms with E-state index in [0.29, 0.717) is 0 Å². The number of rotatable bonds is 2. The van der Waals surface area contributed by atoms with Crippen molar-refractivity contribution >= 4 is 0 Å². The normalized spacial score (nSPS) is 10.9. The summed E-state index contributed by atoms with van der Waals surface area (Å²) in [7, 11) is 0. The zero-order chi connectivity index (χ0) is 17.4. The average molecular weight is 313 g/mol. The fourth-order valence-corrected chi connectivity index (χ4v) is 3.61. The van der Waals surface area contributed by atoms with Crippen molar-refractivity contribution in [2.24, 2.45) is 0 Å². The third kappa shape index (κ3) is 3.14. The van der Waals surface area contributed by atoms with E-state index in [0.717, 1.165) is 0 Å². The van der Waals surface area contributed by atoms with Gasteiger partial charge in [-0.2, -0.15) is 0 Å². The quantitative estimate of drug-likeness (QED) is 0.495. The van der Waals surface area contributed by atoms with Gasteiger partial charge in [0.25, 0.3) is 0 Å². The maximum Gasteiger partial charge on any atom is -0.00694 e. The molecule has 0 bridgehead atoms. The molecule has 3 rings (SSSR count). The second kappa shape index (κ2) is 6.28. The molecule has 0 saturated carbocycles. The predicted molar refractivity (Wildman–Crippen MR) is 105 cm³/mol. The highest BCUT2D eigenvalue weighted by molar-refractivity contribution is 5.87. The van der Waals surface area contributed by atoms with Gasteiger partial charge in [-0.3, -0.25) is 0 Å². The molecular weight excluding hydrogens is 288 g/mol. The van der Waals surface area contributed by atoms with Gasteiger partial charge in [0.1, 0.15) is 0 Å². The molecule has 1 radical (unpaired) electrons. The van der Waals surface area contributed by atoms with Gasteiger partial charge in [-0.05, 0) is 86.6 Å². The molecule has 0 atom stereocenters. The standard InChI is InChI=1S/C24H25/c1-15-7-8-19(5)22(13-15)23-14-18(4)10-20(6)24(23)21-11-16(2)9-17(3)12-21/h7-9,11-14H,1-6H3. The summed E-state index contributed by atoms with van der Waals surface area (Å²) < 4.78 is 0. The van der Waals surface area contributed by atoms with Crippen molar-refractivity contribution < 1.29 is 0 Å². The van der Waals surface area contributed by atoms with E-state index in [9.17, 15) is 0 Å². The molecule has 0 N–H and O–H groups in total. The lowest BCUT2D eigenvalue weighted by molar-refractivity contribution is 1.33. The Kier molecular flexibility index (Phi) is 4.32. The molecule has 121 valence electrons. The van der Waals surface area contributed by atoms with Crippen LogP contribution in [0.15, 0.2) is 42.5 Å². The first-order valence-electron chi connectivity index (χ1n) is 8.55. The van der Waals surface area contributed by atoms with Crippen LogP contribution in [-0.4, -0.2) is 0 Å². The Hall–Kier alpha value is -2.34. The molecule has 0 amide bonds. The number of hydrogen-bond acceptors (Lipinski definition) is 0. The van der Waals surface area contributed by atoms with E-state index in [1.54, 1.807) is 0 Å². The highest BCUT2D eigenvalue weighted by Crippen LogP contribution is 2.38. The molecule has 0 saturated heterocycles. The van der Waals surface area contributed by atoms with E-state index in [-0.39, 0.29) is 0 Å². The summed E-state index contributed by atoms with van der Waals surface area (Å²) in [6, 6.07) is 19.3. The van der Waals surface area contributed by atoms with Crippen LogP contribution in [0.4, 0.5) is 0 Å². The summed E-state index contributed by atoms with van der Waals surface area (Å²) >= 11 is 0. The molecule has 0 fully saturated rings. The van der Waals surface area contributed by atoms with Gasteiger partial charge in [-0.1, -0.05) is 59.2 Å². The van der Waals surface area contributed by atoms with Crippen molar-refractivity contribution in [3.05, 3.63) is 81.9 Å². The number of hydrogen-bond donors (Lipinski definition) is 0. The van der Waals surface area contributed by atoms with Gasteiger partial charge >= 0.3 is 0 Å². The fraction of sp³-hybridized carbons (Fsp3) is 0.250. The molecular formula is C24H25. The average Bonchev–Trinajstić information content (AvgIpc) is 2.47. The third-order valence-corrected chi connectivity index (χ3v) is 4.58. The first-order valence-corrected chi connectivity index (χ1v) is 8.55. The van der Waals surface area contributed by atoms with Crippen LogP contribution in [0.3, 0.4) is 0 Å². The lowest BCUT2D eigenvalue weighted by Crippen LogP contribution is -1.95. The highest BCUT2D eigenvalue weighted by Gasteiger charge is 2.14. The maximum atomic E-state index is 3.52. The molecule has 0 spiro atoms. The Balaban J connectivity index is 2.36. The molecule has 3 aromatic rings. The van der Waals surface area contributed by atoms with Crippen molar-refractivity contribution in [1.29, 1.82) is 0 Å². The van der Waals surface area contributed by atoms with Gasteiger partial charge in [0.05, 0.1) is 0 Å². The summed E-state index contributed by atoms with van der Waals surface area (Å²) in [6.45, 7) is 13.0. The zero-order valence-corrected chi connectivity index (χ0v) is 15.5. The third-order valence-electron chi connectivity index (χ3n) is 4.58. The Morgan fingerprint density at radius 2 is 1.29 bits per heavy atom. The van der Waals surface area contributed by atoms with Crippen LogP contribution in [0.2, 0.25) is 0 Å². The van der Waals surface area contributed by atoms with Crippen molar-refractivity contribution in [2.45, 2.75) is 41.5 Å². The second-order valence-electron chi connectivity index (χ2n) is 7.06. The minimum Gasteiger partial charge on any atom is -0.0590 e. The van der Waals surface area contributed by atoms with Crippen molar-refractivity contribution in [3.63, 3.8) is 0 Å². The lowest BCUT2D eigenvalue weighted by Gasteiger charge is -2.18. The number of benzene rings is 3. The summed E-state index contributed by atoms with van der Waals surface area (Å²) in [6.07, 6.45) is 0. The Morgan fingerprint density at radius 1 is 0.625 bits per heavy atom. The van der Waals surface area contributed by atoms with Crippen LogP contribution < -0.4 is 0 Å². The van der Waals surface area contributed by atoms with Gasteiger partial charge < -0.3 is 0 Å². The molecule has 0 unspecified atom stereocenters. The minimum absolute atomic E-state index is 1.19. The second-order valence-corrected chi connectivity index (χ2v) is 7.06. The Labute approximate surface area is 146 Å². The van der Waals surface area contributed by atoms with E-state index in [1.807, 2.05) is 0 Å². The van der Waals surface area contributed by atoms with Gasteiger partial charge in [-0.15, -0.1) is 0 Å². The number of aryl methyl sites for hydroxylation is 6. The molecule has 0 heteroatoms. The zero-order valence-electron chi connectivity index (χ0n) is 15.5. The largest absolute Gasteiger partial charge is 0.0590 e. The molecule has 3 aromatic carbocycles. The van der Waals surface area contributed by atoms with Crippen LogP contribution in [0, 0.1) is 47.6 Å². The van der Waals surface area contributed by atoms with E-state index < -0.39 is 0 Å². The summed E-state index contributed by atoms with van der Waals surface area (Å²) in [5.41, 5.74) is 12.9. The SMILES string of the molecule is Cc1[c]c(C)c(-c2cc(C)cc(C)c2)c(-c2cc(C)ccc2C)c1. The summed E-state index contributed by atoms with van der Waals surface area (Å²) in [4.78, 5) is 0. The summed E-state index contributed by atoms with van der Waals surface area (Å²) in [5.74, 6) is 0. The first kappa shape index (κ1) is 16.5. The van der Waals surface area contributed by atoms with Gasteiger partial charge in [0, 0.05) is 0 Å². The van der Waals surface area contributed by atoms with Crippen LogP contribution in [0.5, 0.6) is 0 Å². The monoisotopic (exact) mass is 313 g/mol. The maximum absolute atomic E-state index is 3.52. The van der Waals surface area contributed by atoms with E-state index in [2.05, 4.69) is 90.1 Å². The van der Waals surface area contributed by atoms with Crippen molar-refractivity contribution in [1.82, 2.24) is 0 Å². The van der Waals surface area contributed by atoms with Crippen molar-refractivity contribution in [3.8, 4) is 22.3 Å². The van der Waals surface area contributed by atoms with Gasteiger partial charge in [0.2, 0.25) is 0 Å². The molecule has 0 aromatic heterocycles. The van der Waals surface area contributed by atoms with Gasteiger partial charge in [-0.25, -0.2) is 0 Å². The molecule has 0 aliphatic carbocycles. The Morgan fingerprint density at radius 3 is 1.96 bits per heavy atom. The molecule has 24 heavy (non-hydrogen) atoms. The first-order chi connectivity index (χ1) is 11.3. The molecule has 0 aliphatic rings. The molecule has 0 aliphatic heterocycles.